The van der Waals surface area contributed by atoms with Crippen molar-refractivity contribution in [2.75, 3.05) is 0 Å². The molecule has 1 aromatic heterocycles. The molecular weight excluding hydrogens is 280 g/mol. The first-order valence-electron chi connectivity index (χ1n) is 6.98. The first-order valence-corrected chi connectivity index (χ1v) is 6.98. The number of hydrogen-bond acceptors (Lipinski definition) is 4. The second kappa shape index (κ2) is 5.85. The maximum Gasteiger partial charge on any atom is 0.238 e. The molecule has 2 aromatic rings. The van der Waals surface area contributed by atoms with Crippen molar-refractivity contribution in [3.05, 3.63) is 54.2 Å². The van der Waals surface area contributed by atoms with E-state index in [1.165, 1.54) is 11.9 Å². The number of aromatic hydroxyl groups is 1. The number of amidine groups is 1. The molecule has 1 atom stereocenters. The molecule has 0 spiro atoms. The Morgan fingerprint density at radius 1 is 1.32 bits per heavy atom. The van der Waals surface area contributed by atoms with Crippen molar-refractivity contribution in [3.63, 3.8) is 0 Å². The summed E-state index contributed by atoms with van der Waals surface area (Å²) in [5, 5.41) is 11.5. The van der Waals surface area contributed by atoms with Gasteiger partial charge in [0.2, 0.25) is 5.91 Å². The normalized spacial score (nSPS) is 19.2. The van der Waals surface area contributed by atoms with Crippen LogP contribution in [-0.2, 0) is 4.79 Å². The van der Waals surface area contributed by atoms with E-state index >= 15 is 0 Å². The number of phenols is 1. The highest BCUT2D eigenvalue weighted by atomic mass is 16.3. The van der Waals surface area contributed by atoms with Gasteiger partial charge in [-0.3, -0.25) is 10.2 Å². The molecule has 6 heteroatoms. The lowest BCUT2D eigenvalue weighted by molar-refractivity contribution is -0.132. The van der Waals surface area contributed by atoms with E-state index in [1.54, 1.807) is 30.5 Å². The molecule has 0 bridgehead atoms. The Labute approximate surface area is 128 Å². The molecule has 112 valence electrons. The molecule has 1 amide bonds. The van der Waals surface area contributed by atoms with Gasteiger partial charge in [-0.15, -0.1) is 0 Å². The zero-order valence-electron chi connectivity index (χ0n) is 12.1. The van der Waals surface area contributed by atoms with Crippen LogP contribution in [0.1, 0.15) is 24.9 Å². The van der Waals surface area contributed by atoms with Crippen LogP contribution in [0, 0.1) is 0 Å². The highest BCUT2D eigenvalue weighted by Gasteiger charge is 2.33. The number of nitrogens with zero attached hydrogens (tertiary/aromatic N) is 3. The Morgan fingerprint density at radius 3 is 2.77 bits per heavy atom. The van der Waals surface area contributed by atoms with Gasteiger partial charge in [-0.05, 0) is 18.2 Å². The second-order valence-electron chi connectivity index (χ2n) is 5.03. The van der Waals surface area contributed by atoms with E-state index in [-0.39, 0.29) is 17.7 Å². The Balaban J connectivity index is 1.92. The van der Waals surface area contributed by atoms with Gasteiger partial charge in [0.1, 0.15) is 11.6 Å². The average Bonchev–Trinajstić information content (AvgIpc) is 2.92. The molecule has 6 nitrogen and oxygen atoms in total. The number of phenolic OH excluding ortho intramolecular Hbond substituents is 1. The maximum atomic E-state index is 11.9. The Hall–Kier alpha value is -2.89. The van der Waals surface area contributed by atoms with Crippen LogP contribution in [-0.4, -0.2) is 26.8 Å². The van der Waals surface area contributed by atoms with Crippen LogP contribution >= 0.6 is 0 Å². The minimum atomic E-state index is -0.291. The molecule has 0 saturated carbocycles. The van der Waals surface area contributed by atoms with Gasteiger partial charge in [-0.2, -0.15) is 0 Å². The molecule has 0 aliphatic carbocycles. The SMILES string of the molecule is CC(=O)N1N/C(=N\c2ccccn2)CC1c1ccccc1O. The summed E-state index contributed by atoms with van der Waals surface area (Å²) in [7, 11) is 0. The van der Waals surface area contributed by atoms with Gasteiger partial charge in [-0.1, -0.05) is 24.3 Å². The lowest BCUT2D eigenvalue weighted by Gasteiger charge is -2.22. The predicted octanol–water partition coefficient (Wildman–Crippen LogP) is 2.32. The van der Waals surface area contributed by atoms with Gasteiger partial charge < -0.3 is 5.11 Å². The van der Waals surface area contributed by atoms with E-state index in [4.69, 9.17) is 0 Å². The van der Waals surface area contributed by atoms with Gasteiger partial charge >= 0.3 is 0 Å². The van der Waals surface area contributed by atoms with Crippen molar-refractivity contribution < 1.29 is 9.90 Å². The van der Waals surface area contributed by atoms with Crippen molar-refractivity contribution in [1.82, 2.24) is 15.4 Å². The van der Waals surface area contributed by atoms with Crippen LogP contribution in [0.15, 0.2) is 53.7 Å². The van der Waals surface area contributed by atoms with Gasteiger partial charge in [0.25, 0.3) is 0 Å². The minimum absolute atomic E-state index is 0.139. The zero-order valence-corrected chi connectivity index (χ0v) is 12.1. The fraction of sp³-hybridized carbons (Fsp3) is 0.188. The van der Waals surface area contributed by atoms with E-state index < -0.39 is 0 Å². The summed E-state index contributed by atoms with van der Waals surface area (Å²) in [4.78, 5) is 20.4. The molecule has 1 aliphatic heterocycles. The van der Waals surface area contributed by atoms with Gasteiger partial charge in [0.15, 0.2) is 5.82 Å². The summed E-state index contributed by atoms with van der Waals surface area (Å²) < 4.78 is 0. The van der Waals surface area contributed by atoms with Crippen LogP contribution in [0.2, 0.25) is 0 Å². The lowest BCUT2D eigenvalue weighted by atomic mass is 10.0. The fourth-order valence-corrected chi connectivity index (χ4v) is 2.48. The monoisotopic (exact) mass is 296 g/mol. The molecule has 1 fully saturated rings. The Morgan fingerprint density at radius 2 is 2.09 bits per heavy atom. The van der Waals surface area contributed by atoms with Gasteiger partial charge in [-0.25, -0.2) is 15.0 Å². The van der Waals surface area contributed by atoms with E-state index in [2.05, 4.69) is 15.4 Å². The minimum Gasteiger partial charge on any atom is -0.508 e. The van der Waals surface area contributed by atoms with E-state index in [9.17, 15) is 9.90 Å². The molecule has 1 aromatic carbocycles. The second-order valence-corrected chi connectivity index (χ2v) is 5.03. The summed E-state index contributed by atoms with van der Waals surface area (Å²) in [5.41, 5.74) is 3.69. The molecule has 1 aliphatic rings. The molecule has 3 rings (SSSR count). The number of benzene rings is 1. The molecule has 2 heterocycles. The van der Waals surface area contributed by atoms with Crippen molar-refractivity contribution in [2.45, 2.75) is 19.4 Å². The summed E-state index contributed by atoms with van der Waals surface area (Å²) in [6, 6.07) is 12.2. The number of aromatic nitrogens is 1. The van der Waals surface area contributed by atoms with E-state index in [0.29, 0.717) is 23.6 Å². The third kappa shape index (κ3) is 2.76. The van der Waals surface area contributed by atoms with Crippen molar-refractivity contribution in [3.8, 4) is 5.75 Å². The summed E-state index contributed by atoms with van der Waals surface area (Å²) >= 11 is 0. The number of para-hydroxylation sites is 1. The molecule has 1 saturated heterocycles. The standard InChI is InChI=1S/C16H16N4O2/c1-11(21)20-13(12-6-2-3-7-14(12)22)10-16(19-20)18-15-8-4-5-9-17-15/h2-9,13,22H,10H2,1H3,(H,17,18,19). The first kappa shape index (κ1) is 14.1. The van der Waals surface area contributed by atoms with E-state index in [0.717, 1.165) is 0 Å². The van der Waals surface area contributed by atoms with Crippen LogP contribution < -0.4 is 5.43 Å². The lowest BCUT2D eigenvalue weighted by Crippen LogP contribution is -2.38. The third-order valence-corrected chi connectivity index (χ3v) is 3.48. The average molecular weight is 296 g/mol. The first-order chi connectivity index (χ1) is 10.6. The Bertz CT molecular complexity index is 715. The number of aliphatic imine (C=N–C) groups is 1. The van der Waals surface area contributed by atoms with Gasteiger partial charge in [0.05, 0.1) is 6.04 Å². The summed E-state index contributed by atoms with van der Waals surface area (Å²) in [5.74, 6) is 1.24. The summed E-state index contributed by atoms with van der Waals surface area (Å²) in [6.07, 6.45) is 2.16. The number of nitrogens with one attached hydrogen (secondary N) is 1. The fourth-order valence-electron chi connectivity index (χ4n) is 2.48. The van der Waals surface area contributed by atoms with Crippen LogP contribution in [0.25, 0.3) is 0 Å². The molecule has 2 N–H and O–H groups in total. The van der Waals surface area contributed by atoms with Crippen LogP contribution in [0.4, 0.5) is 5.82 Å². The maximum absolute atomic E-state index is 11.9. The molecule has 0 radical (unpaired) electrons. The largest absolute Gasteiger partial charge is 0.508 e. The van der Waals surface area contributed by atoms with E-state index in [1.807, 2.05) is 18.2 Å². The number of pyridine rings is 1. The Kier molecular flexibility index (Phi) is 3.74. The van der Waals surface area contributed by atoms with Crippen LogP contribution in [0.5, 0.6) is 5.75 Å². The smallest absolute Gasteiger partial charge is 0.238 e. The number of carbonyl (C=O) groups excluding carboxylic acids is 1. The molecular formula is C16H16N4O2. The molecule has 22 heavy (non-hydrogen) atoms. The predicted molar refractivity (Wildman–Crippen MR) is 82.5 cm³/mol. The third-order valence-electron chi connectivity index (χ3n) is 3.48. The molecule has 1 unspecified atom stereocenters. The number of amides is 1. The van der Waals surface area contributed by atoms with Crippen molar-refractivity contribution in [1.29, 1.82) is 0 Å². The highest BCUT2D eigenvalue weighted by molar-refractivity contribution is 5.90. The number of carbonyl (C=O) groups is 1. The summed E-state index contributed by atoms with van der Waals surface area (Å²) in [6.45, 7) is 1.48. The topological polar surface area (TPSA) is 77.8 Å². The quantitative estimate of drug-likeness (QED) is 0.891. The highest BCUT2D eigenvalue weighted by Crippen LogP contribution is 2.34. The van der Waals surface area contributed by atoms with Gasteiger partial charge in [0, 0.05) is 25.1 Å². The number of hydrazine groups is 1. The number of hydrogen-bond donors (Lipinski definition) is 2. The van der Waals surface area contributed by atoms with Crippen molar-refractivity contribution in [2.24, 2.45) is 4.99 Å². The van der Waals surface area contributed by atoms with Crippen molar-refractivity contribution >= 4 is 17.6 Å². The number of rotatable bonds is 2. The zero-order chi connectivity index (χ0) is 15.5. The van der Waals surface area contributed by atoms with Crippen LogP contribution in [0.3, 0.4) is 0 Å².